The van der Waals surface area contributed by atoms with Crippen LogP contribution in [0.4, 0.5) is 4.39 Å². The summed E-state index contributed by atoms with van der Waals surface area (Å²) in [6, 6.07) is 4.96. The quantitative estimate of drug-likeness (QED) is 0.763. The van der Waals surface area contributed by atoms with Crippen molar-refractivity contribution in [2.45, 2.75) is 26.8 Å². The van der Waals surface area contributed by atoms with Crippen molar-refractivity contribution < 1.29 is 9.13 Å². The third kappa shape index (κ3) is 5.34. The molecule has 1 atom stereocenters. The minimum absolute atomic E-state index is 0.0828. The van der Waals surface area contributed by atoms with Gasteiger partial charge in [-0.1, -0.05) is 31.5 Å². The van der Waals surface area contributed by atoms with Gasteiger partial charge in [-0.3, -0.25) is 0 Å². The molecule has 0 heterocycles. The van der Waals surface area contributed by atoms with Crippen molar-refractivity contribution in [1.82, 2.24) is 5.32 Å². The lowest BCUT2D eigenvalue weighted by atomic mass is 10.1. The molecule has 0 saturated heterocycles. The Labute approximate surface area is 113 Å². The number of hydrogen-bond acceptors (Lipinski definition) is 2. The smallest absolute Gasteiger partial charge is 0.142 e. The van der Waals surface area contributed by atoms with Gasteiger partial charge in [0, 0.05) is 19.2 Å². The van der Waals surface area contributed by atoms with Crippen LogP contribution in [0.15, 0.2) is 18.2 Å². The summed E-state index contributed by atoms with van der Waals surface area (Å²) in [5, 5.41) is 3.44. The van der Waals surface area contributed by atoms with Crippen LogP contribution in [0.2, 0.25) is 5.02 Å². The molecular formula is C14H21ClFNO. The second kappa shape index (κ2) is 7.72. The van der Waals surface area contributed by atoms with E-state index in [9.17, 15) is 4.39 Å². The van der Waals surface area contributed by atoms with E-state index in [0.717, 1.165) is 18.7 Å². The first-order valence-corrected chi connectivity index (χ1v) is 6.64. The molecule has 102 valence electrons. The zero-order valence-electron chi connectivity index (χ0n) is 11.2. The maximum absolute atomic E-state index is 13.3. The molecule has 0 aromatic heterocycles. The Kier molecular flexibility index (Phi) is 6.61. The van der Waals surface area contributed by atoms with Crippen molar-refractivity contribution in [3.05, 3.63) is 34.6 Å². The fraction of sp³-hybridized carbons (Fsp3) is 0.571. The van der Waals surface area contributed by atoms with Gasteiger partial charge in [-0.2, -0.15) is 0 Å². The van der Waals surface area contributed by atoms with E-state index in [1.54, 1.807) is 6.07 Å². The third-order valence-corrected chi connectivity index (χ3v) is 2.90. The van der Waals surface area contributed by atoms with Crippen LogP contribution in [0.1, 0.15) is 32.4 Å². The molecule has 0 saturated carbocycles. The zero-order chi connectivity index (χ0) is 13.5. The molecule has 1 N–H and O–H groups in total. The Bertz CT molecular complexity index is 371. The number of ether oxygens (including phenoxy) is 1. The molecule has 1 rings (SSSR count). The highest BCUT2D eigenvalue weighted by atomic mass is 35.5. The van der Waals surface area contributed by atoms with Crippen molar-refractivity contribution in [2.75, 3.05) is 19.8 Å². The van der Waals surface area contributed by atoms with Gasteiger partial charge in [0.05, 0.1) is 11.6 Å². The summed E-state index contributed by atoms with van der Waals surface area (Å²) in [6.45, 7) is 8.41. The van der Waals surface area contributed by atoms with Crippen molar-refractivity contribution >= 4 is 11.6 Å². The Hall–Kier alpha value is -0.640. The molecule has 0 aliphatic rings. The number of hydrogen-bond donors (Lipinski definition) is 1. The highest BCUT2D eigenvalue weighted by molar-refractivity contribution is 6.30. The van der Waals surface area contributed by atoms with E-state index in [1.165, 1.54) is 6.07 Å². The molecule has 18 heavy (non-hydrogen) atoms. The highest BCUT2D eigenvalue weighted by Crippen LogP contribution is 2.19. The van der Waals surface area contributed by atoms with Crippen LogP contribution < -0.4 is 5.32 Å². The summed E-state index contributed by atoms with van der Waals surface area (Å²) in [6.07, 6.45) is 0. The zero-order valence-corrected chi connectivity index (χ0v) is 11.9. The summed E-state index contributed by atoms with van der Waals surface area (Å²) in [7, 11) is 0. The number of halogens is 2. The van der Waals surface area contributed by atoms with Gasteiger partial charge in [-0.05, 0) is 30.5 Å². The lowest BCUT2D eigenvalue weighted by Gasteiger charge is -2.15. The van der Waals surface area contributed by atoms with E-state index in [2.05, 4.69) is 19.2 Å². The Balaban J connectivity index is 2.31. The van der Waals surface area contributed by atoms with Crippen molar-refractivity contribution in [1.29, 1.82) is 0 Å². The fourth-order valence-electron chi connectivity index (χ4n) is 1.57. The van der Waals surface area contributed by atoms with Crippen molar-refractivity contribution in [3.8, 4) is 0 Å². The van der Waals surface area contributed by atoms with E-state index in [-0.39, 0.29) is 16.9 Å². The second-order valence-corrected chi connectivity index (χ2v) is 5.23. The molecule has 2 nitrogen and oxygen atoms in total. The van der Waals surface area contributed by atoms with Crippen molar-refractivity contribution in [3.63, 3.8) is 0 Å². The molecule has 1 aromatic rings. The Morgan fingerprint density at radius 2 is 2.06 bits per heavy atom. The SMILES string of the molecule is CC(C)COCCNC(C)c1ccc(Cl)c(F)c1. The summed E-state index contributed by atoms with van der Waals surface area (Å²) < 4.78 is 18.8. The van der Waals surface area contributed by atoms with Crippen LogP contribution in [0.5, 0.6) is 0 Å². The fourth-order valence-corrected chi connectivity index (χ4v) is 1.68. The van der Waals surface area contributed by atoms with Crippen molar-refractivity contribution in [2.24, 2.45) is 5.92 Å². The average molecular weight is 274 g/mol. The summed E-state index contributed by atoms with van der Waals surface area (Å²) >= 11 is 5.65. The van der Waals surface area contributed by atoms with Crippen LogP contribution in [0.3, 0.4) is 0 Å². The maximum atomic E-state index is 13.3. The van der Waals surface area contributed by atoms with Gasteiger partial charge >= 0.3 is 0 Å². The Morgan fingerprint density at radius 3 is 2.67 bits per heavy atom. The first-order valence-electron chi connectivity index (χ1n) is 6.26. The number of rotatable bonds is 7. The van der Waals surface area contributed by atoms with E-state index < -0.39 is 0 Å². The molecule has 0 aliphatic carbocycles. The summed E-state index contributed by atoms with van der Waals surface area (Å²) in [4.78, 5) is 0. The molecule has 0 fully saturated rings. The van der Waals surface area contributed by atoms with Crippen LogP contribution in [0.25, 0.3) is 0 Å². The van der Waals surface area contributed by atoms with E-state index in [4.69, 9.17) is 16.3 Å². The average Bonchev–Trinajstić information content (AvgIpc) is 2.31. The molecule has 0 bridgehead atoms. The predicted molar refractivity (Wildman–Crippen MR) is 73.5 cm³/mol. The molecule has 0 spiro atoms. The van der Waals surface area contributed by atoms with Gasteiger partial charge in [0.15, 0.2) is 0 Å². The van der Waals surface area contributed by atoms with Gasteiger partial charge in [-0.25, -0.2) is 4.39 Å². The Morgan fingerprint density at radius 1 is 1.33 bits per heavy atom. The molecule has 4 heteroatoms. The molecule has 1 aromatic carbocycles. The van der Waals surface area contributed by atoms with Gasteiger partial charge < -0.3 is 10.1 Å². The lowest BCUT2D eigenvalue weighted by Crippen LogP contribution is -2.24. The molecule has 0 radical (unpaired) electrons. The lowest BCUT2D eigenvalue weighted by molar-refractivity contribution is 0.110. The van der Waals surface area contributed by atoms with Crippen LogP contribution in [0, 0.1) is 11.7 Å². The third-order valence-electron chi connectivity index (χ3n) is 2.59. The van der Waals surface area contributed by atoms with E-state index in [1.807, 2.05) is 13.0 Å². The minimum atomic E-state index is -0.376. The van der Waals surface area contributed by atoms with Gasteiger partial charge in [0.2, 0.25) is 0 Å². The number of benzene rings is 1. The monoisotopic (exact) mass is 273 g/mol. The predicted octanol–water partition coefficient (Wildman–Crippen LogP) is 3.80. The summed E-state index contributed by atoms with van der Waals surface area (Å²) in [5.74, 6) is 0.173. The maximum Gasteiger partial charge on any atom is 0.142 e. The van der Waals surface area contributed by atoms with Gasteiger partial charge in [0.1, 0.15) is 5.82 Å². The topological polar surface area (TPSA) is 21.3 Å². The first kappa shape index (κ1) is 15.4. The van der Waals surface area contributed by atoms with E-state index in [0.29, 0.717) is 12.5 Å². The van der Waals surface area contributed by atoms with Gasteiger partial charge in [0.25, 0.3) is 0 Å². The van der Waals surface area contributed by atoms with Crippen LogP contribution in [-0.4, -0.2) is 19.8 Å². The molecule has 1 unspecified atom stereocenters. The van der Waals surface area contributed by atoms with E-state index >= 15 is 0 Å². The molecule has 0 aliphatic heterocycles. The molecular weight excluding hydrogens is 253 g/mol. The second-order valence-electron chi connectivity index (χ2n) is 4.82. The standard InChI is InChI=1S/C14H21ClFNO/c1-10(2)9-18-7-6-17-11(3)12-4-5-13(15)14(16)8-12/h4-5,8,10-11,17H,6-7,9H2,1-3H3. The van der Waals surface area contributed by atoms with Crippen LogP contribution in [-0.2, 0) is 4.74 Å². The normalized spacial score (nSPS) is 13.0. The summed E-state index contributed by atoms with van der Waals surface area (Å²) in [5.41, 5.74) is 0.890. The highest BCUT2D eigenvalue weighted by Gasteiger charge is 2.07. The van der Waals surface area contributed by atoms with Crippen LogP contribution >= 0.6 is 11.6 Å². The largest absolute Gasteiger partial charge is 0.380 e. The first-order chi connectivity index (χ1) is 8.50. The number of nitrogens with one attached hydrogen (secondary N) is 1. The molecule has 0 amide bonds. The minimum Gasteiger partial charge on any atom is -0.380 e. The van der Waals surface area contributed by atoms with Gasteiger partial charge in [-0.15, -0.1) is 0 Å².